The van der Waals surface area contributed by atoms with E-state index >= 15 is 0 Å². The number of rotatable bonds is 3. The Bertz CT molecular complexity index is 502. The summed E-state index contributed by atoms with van der Waals surface area (Å²) >= 11 is 0. The summed E-state index contributed by atoms with van der Waals surface area (Å²) in [5.74, 6) is -1.50. The quantitative estimate of drug-likeness (QED) is 0.790. The minimum absolute atomic E-state index is 0.0385. The molecule has 1 aliphatic heterocycles. The fraction of sp³-hybridized carbons (Fsp3) is 0.250. The number of urea groups is 1. The predicted octanol–water partition coefficient (Wildman–Crippen LogP) is -0.533. The van der Waals surface area contributed by atoms with Crippen molar-refractivity contribution in [3.05, 3.63) is 35.9 Å². The molecule has 0 bridgehead atoms. The Balaban J connectivity index is 1.99. The number of nitrogens with one attached hydrogen (secondary N) is 1. The molecule has 1 atom stereocenters. The first kappa shape index (κ1) is 12.9. The number of ether oxygens (including phenoxy) is 1. The van der Waals surface area contributed by atoms with Gasteiger partial charge in [-0.25, -0.2) is 14.5 Å². The van der Waals surface area contributed by atoms with Gasteiger partial charge in [-0.05, 0) is 5.56 Å². The van der Waals surface area contributed by atoms with Gasteiger partial charge in [0.05, 0.1) is 5.97 Å². The van der Waals surface area contributed by atoms with E-state index < -0.39 is 24.1 Å². The zero-order valence-electron chi connectivity index (χ0n) is 9.87. The van der Waals surface area contributed by atoms with Crippen molar-refractivity contribution in [3.8, 4) is 0 Å². The summed E-state index contributed by atoms with van der Waals surface area (Å²) in [6, 6.07) is 6.71. The highest BCUT2D eigenvalue weighted by Gasteiger charge is 2.37. The maximum Gasteiger partial charge on any atom is 0.419 e. The Kier molecular flexibility index (Phi) is 3.65. The van der Waals surface area contributed by atoms with Crippen LogP contribution in [0.2, 0.25) is 0 Å². The number of carbonyl (C=O) groups is 3. The summed E-state index contributed by atoms with van der Waals surface area (Å²) in [5, 5.41) is 13.0. The summed E-state index contributed by atoms with van der Waals surface area (Å²) in [4.78, 5) is 34.4. The fourth-order valence-corrected chi connectivity index (χ4v) is 1.69. The average molecular weight is 263 g/mol. The monoisotopic (exact) mass is 263 g/mol. The lowest BCUT2D eigenvalue weighted by Gasteiger charge is -2.21. The van der Waals surface area contributed by atoms with Crippen LogP contribution in [0, 0.1) is 0 Å². The van der Waals surface area contributed by atoms with Crippen LogP contribution >= 0.6 is 0 Å². The van der Waals surface area contributed by atoms with Crippen molar-refractivity contribution in [3.63, 3.8) is 0 Å². The van der Waals surface area contributed by atoms with E-state index in [2.05, 4.69) is 5.32 Å². The molecule has 2 rings (SSSR count). The zero-order valence-corrected chi connectivity index (χ0v) is 9.87. The van der Waals surface area contributed by atoms with Gasteiger partial charge < -0.3 is 20.0 Å². The highest BCUT2D eigenvalue weighted by molar-refractivity contribution is 5.98. The van der Waals surface area contributed by atoms with Gasteiger partial charge in [-0.15, -0.1) is 0 Å². The number of aliphatic carboxylic acids is 1. The topological polar surface area (TPSA) is 98.8 Å². The van der Waals surface area contributed by atoms with E-state index in [4.69, 9.17) is 4.74 Å². The van der Waals surface area contributed by atoms with Crippen LogP contribution in [0.15, 0.2) is 30.3 Å². The molecule has 1 saturated heterocycles. The lowest BCUT2D eigenvalue weighted by molar-refractivity contribution is -0.309. The third-order valence-corrected chi connectivity index (χ3v) is 2.65. The lowest BCUT2D eigenvalue weighted by Crippen LogP contribution is -2.49. The molecule has 1 aromatic rings. The number of carboxylic acid groups (broad SMARTS) is 1. The van der Waals surface area contributed by atoms with Crippen molar-refractivity contribution in [2.45, 2.75) is 12.6 Å². The molecule has 1 unspecified atom stereocenters. The Morgan fingerprint density at radius 3 is 2.68 bits per heavy atom. The van der Waals surface area contributed by atoms with E-state index in [1.165, 1.54) is 0 Å². The van der Waals surface area contributed by atoms with Crippen LogP contribution in [-0.2, 0) is 16.1 Å². The molecule has 0 aromatic heterocycles. The van der Waals surface area contributed by atoms with Gasteiger partial charge in [-0.1, -0.05) is 30.3 Å². The Labute approximate surface area is 108 Å². The number of hydrogen-bond donors (Lipinski definition) is 1. The SMILES string of the molecule is O=C([O-])C1CNC(=O)N1C(=O)OCc1ccccc1. The Hall–Kier alpha value is -2.57. The molecule has 0 radical (unpaired) electrons. The summed E-state index contributed by atoms with van der Waals surface area (Å²) in [6.45, 7) is -0.217. The number of carbonyl (C=O) groups excluding carboxylic acids is 3. The minimum Gasteiger partial charge on any atom is -0.548 e. The van der Waals surface area contributed by atoms with Crippen LogP contribution < -0.4 is 10.4 Å². The first-order valence-corrected chi connectivity index (χ1v) is 5.58. The zero-order chi connectivity index (χ0) is 13.8. The fourth-order valence-electron chi connectivity index (χ4n) is 1.69. The highest BCUT2D eigenvalue weighted by atomic mass is 16.6. The van der Waals surface area contributed by atoms with Crippen molar-refractivity contribution in [1.29, 1.82) is 0 Å². The third kappa shape index (κ3) is 2.82. The van der Waals surface area contributed by atoms with Gasteiger partial charge in [0.2, 0.25) is 0 Å². The highest BCUT2D eigenvalue weighted by Crippen LogP contribution is 2.10. The molecular weight excluding hydrogens is 252 g/mol. The second-order valence-corrected chi connectivity index (χ2v) is 3.93. The number of hydrogen-bond acceptors (Lipinski definition) is 5. The second-order valence-electron chi connectivity index (χ2n) is 3.93. The lowest BCUT2D eigenvalue weighted by atomic mass is 10.2. The van der Waals surface area contributed by atoms with Gasteiger partial charge in [-0.3, -0.25) is 0 Å². The standard InChI is InChI=1S/C12H12N2O5/c15-10(16)9-6-13-11(17)14(9)12(18)19-7-8-4-2-1-3-5-8/h1-5,9H,6-7H2,(H,13,17)(H,15,16)/p-1. The van der Waals surface area contributed by atoms with Crippen molar-refractivity contribution < 1.29 is 24.2 Å². The van der Waals surface area contributed by atoms with Crippen molar-refractivity contribution in [2.24, 2.45) is 0 Å². The third-order valence-electron chi connectivity index (χ3n) is 2.65. The number of nitrogens with zero attached hydrogens (tertiary/aromatic N) is 1. The second kappa shape index (κ2) is 5.38. The maximum atomic E-state index is 11.7. The summed E-state index contributed by atoms with van der Waals surface area (Å²) in [7, 11) is 0. The predicted molar refractivity (Wildman–Crippen MR) is 60.7 cm³/mol. The molecular formula is C12H11N2O5-. The summed E-state index contributed by atoms with van der Waals surface area (Å²) in [6.07, 6.45) is -1.01. The van der Waals surface area contributed by atoms with E-state index in [1.54, 1.807) is 24.3 Å². The molecule has 1 N–H and O–H groups in total. The van der Waals surface area contributed by atoms with Crippen LogP contribution in [0.3, 0.4) is 0 Å². The van der Waals surface area contributed by atoms with E-state index in [1.807, 2.05) is 6.07 Å². The molecule has 7 heteroatoms. The van der Waals surface area contributed by atoms with E-state index in [0.717, 1.165) is 5.56 Å². The van der Waals surface area contributed by atoms with E-state index in [0.29, 0.717) is 4.90 Å². The molecule has 0 spiro atoms. The molecule has 7 nitrogen and oxygen atoms in total. The molecule has 100 valence electrons. The molecule has 19 heavy (non-hydrogen) atoms. The van der Waals surface area contributed by atoms with Gasteiger partial charge in [0.1, 0.15) is 12.6 Å². The number of amides is 3. The first-order chi connectivity index (χ1) is 9.09. The number of benzene rings is 1. The molecule has 0 aliphatic carbocycles. The van der Waals surface area contributed by atoms with Gasteiger partial charge in [0.25, 0.3) is 0 Å². The van der Waals surface area contributed by atoms with Crippen molar-refractivity contribution >= 4 is 18.1 Å². The largest absolute Gasteiger partial charge is 0.548 e. The molecule has 1 heterocycles. The minimum atomic E-state index is -1.50. The Morgan fingerprint density at radius 1 is 1.37 bits per heavy atom. The normalized spacial score (nSPS) is 18.0. The van der Waals surface area contributed by atoms with Gasteiger partial charge in [0.15, 0.2) is 0 Å². The van der Waals surface area contributed by atoms with Gasteiger partial charge >= 0.3 is 12.1 Å². The number of carboxylic acids is 1. The van der Waals surface area contributed by atoms with Gasteiger partial charge in [-0.2, -0.15) is 0 Å². The number of imide groups is 1. The molecule has 1 aromatic carbocycles. The van der Waals surface area contributed by atoms with E-state index in [-0.39, 0.29) is 13.2 Å². The molecule has 0 saturated carbocycles. The first-order valence-electron chi connectivity index (χ1n) is 5.58. The maximum absolute atomic E-state index is 11.7. The van der Waals surface area contributed by atoms with Crippen LogP contribution in [-0.4, -0.2) is 35.6 Å². The molecule has 3 amide bonds. The molecule has 1 aliphatic rings. The van der Waals surface area contributed by atoms with Crippen molar-refractivity contribution in [2.75, 3.05) is 6.54 Å². The smallest absolute Gasteiger partial charge is 0.419 e. The van der Waals surface area contributed by atoms with Gasteiger partial charge in [0, 0.05) is 6.54 Å². The van der Waals surface area contributed by atoms with E-state index in [9.17, 15) is 19.5 Å². The molecule has 1 fully saturated rings. The van der Waals surface area contributed by atoms with Crippen LogP contribution in [0.5, 0.6) is 0 Å². The van der Waals surface area contributed by atoms with Crippen molar-refractivity contribution in [1.82, 2.24) is 10.2 Å². The van der Waals surface area contributed by atoms with Crippen LogP contribution in [0.25, 0.3) is 0 Å². The Morgan fingerprint density at radius 2 is 2.05 bits per heavy atom. The van der Waals surface area contributed by atoms with Crippen LogP contribution in [0.4, 0.5) is 9.59 Å². The van der Waals surface area contributed by atoms with Crippen LogP contribution in [0.1, 0.15) is 5.56 Å². The summed E-state index contributed by atoms with van der Waals surface area (Å²) in [5.41, 5.74) is 0.737. The average Bonchev–Trinajstić information content (AvgIpc) is 2.79. The summed E-state index contributed by atoms with van der Waals surface area (Å²) < 4.78 is 4.90.